The summed E-state index contributed by atoms with van der Waals surface area (Å²) >= 11 is 1.30. The highest BCUT2D eigenvalue weighted by atomic mass is 32.2. The molecule has 0 saturated heterocycles. The number of para-hydroxylation sites is 1. The van der Waals surface area contributed by atoms with Crippen molar-refractivity contribution >= 4 is 22.7 Å². The highest BCUT2D eigenvalue weighted by Gasteiger charge is 2.06. The van der Waals surface area contributed by atoms with Crippen molar-refractivity contribution in [1.29, 1.82) is 0 Å². The van der Waals surface area contributed by atoms with Gasteiger partial charge in [0.15, 0.2) is 0 Å². The van der Waals surface area contributed by atoms with Gasteiger partial charge in [-0.25, -0.2) is 4.79 Å². The first-order valence-corrected chi connectivity index (χ1v) is 9.48. The number of ether oxygens (including phenoxy) is 1. The summed E-state index contributed by atoms with van der Waals surface area (Å²) in [5.74, 6) is 0.738. The van der Waals surface area contributed by atoms with E-state index >= 15 is 0 Å². The lowest BCUT2D eigenvalue weighted by Gasteiger charge is -2.10. The van der Waals surface area contributed by atoms with Crippen molar-refractivity contribution in [2.24, 2.45) is 0 Å². The first-order valence-electron chi connectivity index (χ1n) is 8.66. The predicted octanol–water partition coefficient (Wildman–Crippen LogP) is 3.65. The summed E-state index contributed by atoms with van der Waals surface area (Å²) in [4.78, 5) is 32.9. The molecule has 2 aromatic heterocycles. The molecule has 0 aliphatic rings. The second kappa shape index (κ2) is 7.74. The molecule has 0 unspecified atom stereocenters. The van der Waals surface area contributed by atoms with Crippen LogP contribution in [0.25, 0.3) is 10.9 Å². The molecule has 0 fully saturated rings. The summed E-state index contributed by atoms with van der Waals surface area (Å²) in [6, 6.07) is 18.9. The van der Waals surface area contributed by atoms with Crippen molar-refractivity contribution in [3.63, 3.8) is 0 Å². The maximum absolute atomic E-state index is 11.4. The molecular formula is C21H17N3O3S. The SMILES string of the molecule is Cc1cc(COc2ccc(Sc3cc(=O)[nH]c(=O)[nH]3)cc2)c2ccccc2n1. The highest BCUT2D eigenvalue weighted by molar-refractivity contribution is 7.99. The molecule has 2 aromatic carbocycles. The molecule has 140 valence electrons. The molecule has 0 spiro atoms. The van der Waals surface area contributed by atoms with Crippen molar-refractivity contribution in [3.05, 3.63) is 92.8 Å². The summed E-state index contributed by atoms with van der Waals surface area (Å²) < 4.78 is 5.95. The lowest BCUT2D eigenvalue weighted by atomic mass is 10.1. The molecule has 6 nitrogen and oxygen atoms in total. The maximum Gasteiger partial charge on any atom is 0.326 e. The average molecular weight is 391 g/mol. The molecule has 0 atom stereocenters. The van der Waals surface area contributed by atoms with Gasteiger partial charge in [0.25, 0.3) is 5.56 Å². The molecule has 0 aliphatic carbocycles. The Morgan fingerprint density at radius 3 is 2.57 bits per heavy atom. The Morgan fingerprint density at radius 2 is 1.79 bits per heavy atom. The number of H-pyrrole nitrogens is 2. The number of fused-ring (bicyclic) bond motifs is 1. The highest BCUT2D eigenvalue weighted by Crippen LogP contribution is 2.27. The summed E-state index contributed by atoms with van der Waals surface area (Å²) in [7, 11) is 0. The molecule has 4 aromatic rings. The van der Waals surface area contributed by atoms with E-state index in [1.54, 1.807) is 0 Å². The Morgan fingerprint density at radius 1 is 1.00 bits per heavy atom. The minimum Gasteiger partial charge on any atom is -0.489 e. The number of nitrogens with zero attached hydrogens (tertiary/aromatic N) is 1. The minimum atomic E-state index is -0.519. The third-order valence-electron chi connectivity index (χ3n) is 4.11. The number of pyridine rings is 1. The smallest absolute Gasteiger partial charge is 0.326 e. The molecule has 0 bridgehead atoms. The number of nitrogens with one attached hydrogen (secondary N) is 2. The van der Waals surface area contributed by atoms with Crippen LogP contribution in [0.2, 0.25) is 0 Å². The summed E-state index contributed by atoms with van der Waals surface area (Å²) in [6.07, 6.45) is 0. The predicted molar refractivity (Wildman–Crippen MR) is 109 cm³/mol. The number of aryl methyl sites for hydroxylation is 1. The fourth-order valence-electron chi connectivity index (χ4n) is 2.91. The Balaban J connectivity index is 1.48. The van der Waals surface area contributed by atoms with Crippen molar-refractivity contribution < 1.29 is 4.74 Å². The third-order valence-corrected chi connectivity index (χ3v) is 5.06. The van der Waals surface area contributed by atoms with Crippen molar-refractivity contribution in [2.75, 3.05) is 0 Å². The van der Waals surface area contributed by atoms with Gasteiger partial charge in [-0.05, 0) is 43.3 Å². The zero-order valence-corrected chi connectivity index (χ0v) is 15.9. The largest absolute Gasteiger partial charge is 0.489 e. The number of aromatic nitrogens is 3. The molecule has 0 radical (unpaired) electrons. The number of aromatic amines is 2. The van der Waals surface area contributed by atoms with Gasteiger partial charge in [0.1, 0.15) is 12.4 Å². The fraction of sp³-hybridized carbons (Fsp3) is 0.0952. The second-order valence-corrected chi connectivity index (χ2v) is 7.37. The average Bonchev–Trinajstić information content (AvgIpc) is 2.66. The lowest BCUT2D eigenvalue weighted by Crippen LogP contribution is -2.21. The van der Waals surface area contributed by atoms with Gasteiger partial charge in [-0.3, -0.25) is 14.8 Å². The lowest BCUT2D eigenvalue weighted by molar-refractivity contribution is 0.307. The fourth-order valence-corrected chi connectivity index (χ4v) is 3.74. The van der Waals surface area contributed by atoms with Crippen LogP contribution < -0.4 is 16.0 Å². The Labute approximate surface area is 164 Å². The first kappa shape index (κ1) is 18.1. The standard InChI is InChI=1S/C21H17N3O3S/c1-13-10-14(17-4-2-3-5-18(17)22-13)12-27-15-6-8-16(9-7-15)28-20-11-19(25)23-21(26)24-20/h2-11H,12H2,1H3,(H2,23,24,25,26). The summed E-state index contributed by atoms with van der Waals surface area (Å²) in [5.41, 5.74) is 2.05. The Hall–Kier alpha value is -3.32. The van der Waals surface area contributed by atoms with Crippen LogP contribution in [0.3, 0.4) is 0 Å². The molecule has 7 heteroatoms. The van der Waals surface area contributed by atoms with Crippen LogP contribution in [-0.4, -0.2) is 15.0 Å². The maximum atomic E-state index is 11.4. The van der Waals surface area contributed by atoms with Gasteiger partial charge in [0.2, 0.25) is 0 Å². The van der Waals surface area contributed by atoms with Crippen LogP contribution in [0.15, 0.2) is 80.2 Å². The van der Waals surface area contributed by atoms with Crippen molar-refractivity contribution in [3.8, 4) is 5.75 Å². The van der Waals surface area contributed by atoms with E-state index < -0.39 is 11.2 Å². The molecule has 0 aliphatic heterocycles. The van der Waals surface area contributed by atoms with Gasteiger partial charge in [0.05, 0.1) is 10.5 Å². The second-order valence-electron chi connectivity index (χ2n) is 6.25. The topological polar surface area (TPSA) is 87.8 Å². The van der Waals surface area contributed by atoms with E-state index in [0.717, 1.165) is 32.8 Å². The van der Waals surface area contributed by atoms with Gasteiger partial charge in [0, 0.05) is 27.6 Å². The number of hydrogen-bond donors (Lipinski definition) is 2. The van der Waals surface area contributed by atoms with Crippen LogP contribution >= 0.6 is 11.8 Å². The molecule has 4 rings (SSSR count). The minimum absolute atomic E-state index is 0.425. The van der Waals surface area contributed by atoms with E-state index in [-0.39, 0.29) is 0 Å². The molecule has 2 heterocycles. The van der Waals surface area contributed by atoms with Crippen molar-refractivity contribution in [2.45, 2.75) is 23.5 Å². The molecular weight excluding hydrogens is 374 g/mol. The van der Waals surface area contributed by atoms with Gasteiger partial charge in [-0.15, -0.1) is 0 Å². The summed E-state index contributed by atoms with van der Waals surface area (Å²) in [5, 5.41) is 1.57. The van der Waals surface area contributed by atoms with Crippen LogP contribution in [0.5, 0.6) is 5.75 Å². The molecule has 0 amide bonds. The Bertz CT molecular complexity index is 1220. The summed E-state index contributed by atoms with van der Waals surface area (Å²) in [6.45, 7) is 2.42. The van der Waals surface area contributed by atoms with E-state index in [1.165, 1.54) is 17.8 Å². The number of hydrogen-bond acceptors (Lipinski definition) is 5. The first-order chi connectivity index (χ1) is 13.6. The Kier molecular flexibility index (Phi) is 4.99. The van der Waals surface area contributed by atoms with Crippen LogP contribution in [-0.2, 0) is 6.61 Å². The number of benzene rings is 2. The molecule has 2 N–H and O–H groups in total. The molecule has 28 heavy (non-hydrogen) atoms. The number of rotatable bonds is 5. The van der Waals surface area contributed by atoms with E-state index in [2.05, 4.69) is 15.0 Å². The monoisotopic (exact) mass is 391 g/mol. The molecule has 0 saturated carbocycles. The zero-order chi connectivity index (χ0) is 19.5. The van der Waals surface area contributed by atoms with Gasteiger partial charge < -0.3 is 9.72 Å². The van der Waals surface area contributed by atoms with E-state index in [1.807, 2.05) is 61.5 Å². The van der Waals surface area contributed by atoms with Crippen molar-refractivity contribution in [1.82, 2.24) is 15.0 Å². The van der Waals surface area contributed by atoms with E-state index in [9.17, 15) is 9.59 Å². The normalized spacial score (nSPS) is 10.9. The van der Waals surface area contributed by atoms with Crippen LogP contribution in [0.1, 0.15) is 11.3 Å². The van der Waals surface area contributed by atoms with Gasteiger partial charge in [-0.1, -0.05) is 30.0 Å². The van der Waals surface area contributed by atoms with E-state index in [4.69, 9.17) is 4.74 Å². The third kappa shape index (κ3) is 4.15. The van der Waals surface area contributed by atoms with Crippen LogP contribution in [0.4, 0.5) is 0 Å². The zero-order valence-electron chi connectivity index (χ0n) is 15.1. The van der Waals surface area contributed by atoms with Gasteiger partial charge >= 0.3 is 5.69 Å². The quantitative estimate of drug-likeness (QED) is 0.507. The van der Waals surface area contributed by atoms with Gasteiger partial charge in [-0.2, -0.15) is 0 Å². The van der Waals surface area contributed by atoms with E-state index in [0.29, 0.717) is 11.6 Å². The van der Waals surface area contributed by atoms with Crippen LogP contribution in [0, 0.1) is 6.92 Å².